The predicted molar refractivity (Wildman–Crippen MR) is 73.1 cm³/mol. The number of hydrogen-bond acceptors (Lipinski definition) is 2. The van der Waals surface area contributed by atoms with Crippen LogP contribution in [0, 0.1) is 5.92 Å². The summed E-state index contributed by atoms with van der Waals surface area (Å²) in [5.74, 6) is 0.478. The van der Waals surface area contributed by atoms with Gasteiger partial charge in [0, 0.05) is 6.04 Å². The molecule has 2 atom stereocenters. The van der Waals surface area contributed by atoms with Gasteiger partial charge in [0.05, 0.1) is 0 Å². The molecule has 106 valence electrons. The average Bonchev–Trinajstić information content (AvgIpc) is 2.25. The molecule has 0 heterocycles. The van der Waals surface area contributed by atoms with E-state index in [1.807, 2.05) is 13.8 Å². The summed E-state index contributed by atoms with van der Waals surface area (Å²) >= 11 is 0. The first-order chi connectivity index (χ1) is 8.36. The van der Waals surface area contributed by atoms with Crippen LogP contribution in [0.15, 0.2) is 0 Å². The maximum Gasteiger partial charge on any atom is 0.312 e. The summed E-state index contributed by atoms with van der Waals surface area (Å²) in [4.78, 5) is 22.8. The predicted octanol–water partition coefficient (Wildman–Crippen LogP) is 1.76. The fourth-order valence-corrected chi connectivity index (χ4v) is 1.73. The van der Waals surface area contributed by atoms with Crippen molar-refractivity contribution in [2.75, 3.05) is 0 Å². The molecule has 0 aliphatic rings. The van der Waals surface area contributed by atoms with Crippen LogP contribution < -0.4 is 16.4 Å². The second-order valence-electron chi connectivity index (χ2n) is 5.23. The van der Waals surface area contributed by atoms with Gasteiger partial charge in [0.25, 0.3) is 0 Å². The van der Waals surface area contributed by atoms with Gasteiger partial charge in [-0.3, -0.25) is 4.79 Å². The number of amides is 3. The van der Waals surface area contributed by atoms with Crippen molar-refractivity contribution in [2.45, 2.75) is 65.5 Å². The summed E-state index contributed by atoms with van der Waals surface area (Å²) < 4.78 is 0. The van der Waals surface area contributed by atoms with Crippen LogP contribution in [0.5, 0.6) is 0 Å². The van der Waals surface area contributed by atoms with E-state index >= 15 is 0 Å². The molecule has 0 aromatic rings. The van der Waals surface area contributed by atoms with E-state index < -0.39 is 12.1 Å². The normalized spacial score (nSPS) is 14.1. The number of nitrogens with two attached hydrogens (primary N) is 1. The second-order valence-corrected chi connectivity index (χ2v) is 5.23. The molecule has 0 saturated heterocycles. The lowest BCUT2D eigenvalue weighted by Crippen LogP contribution is -2.50. The molecule has 0 fully saturated rings. The lowest BCUT2D eigenvalue weighted by Gasteiger charge is -2.20. The van der Waals surface area contributed by atoms with Gasteiger partial charge in [-0.2, -0.15) is 0 Å². The number of carbonyl (C=O) groups is 2. The van der Waals surface area contributed by atoms with E-state index in [-0.39, 0.29) is 11.9 Å². The monoisotopic (exact) mass is 257 g/mol. The summed E-state index contributed by atoms with van der Waals surface area (Å²) in [6.07, 6.45) is 3.44. The molecular formula is C13H27N3O2. The molecule has 0 aliphatic heterocycles. The number of hydrogen-bond donors (Lipinski definition) is 3. The lowest BCUT2D eigenvalue weighted by molar-refractivity contribution is -0.123. The summed E-state index contributed by atoms with van der Waals surface area (Å²) in [5, 5.41) is 5.39. The van der Waals surface area contributed by atoms with Gasteiger partial charge in [0.15, 0.2) is 0 Å². The Bertz CT molecular complexity index is 267. The van der Waals surface area contributed by atoms with Gasteiger partial charge < -0.3 is 16.4 Å². The molecule has 18 heavy (non-hydrogen) atoms. The Kier molecular flexibility index (Phi) is 8.16. The smallest absolute Gasteiger partial charge is 0.312 e. The highest BCUT2D eigenvalue weighted by Crippen LogP contribution is 2.07. The largest absolute Gasteiger partial charge is 0.352 e. The maximum atomic E-state index is 11.9. The highest BCUT2D eigenvalue weighted by molar-refractivity contribution is 5.86. The van der Waals surface area contributed by atoms with Gasteiger partial charge in [0.1, 0.15) is 6.04 Å². The van der Waals surface area contributed by atoms with Crippen LogP contribution in [-0.4, -0.2) is 24.0 Å². The molecule has 0 unspecified atom stereocenters. The Labute approximate surface area is 110 Å². The number of nitrogens with one attached hydrogen (secondary N) is 2. The molecule has 0 rings (SSSR count). The SMILES string of the molecule is CCC[C@H](NC(N)=O)C(=O)N[C@@H](C)CCC(C)C. The highest BCUT2D eigenvalue weighted by atomic mass is 16.2. The van der Waals surface area contributed by atoms with Crippen LogP contribution in [0.3, 0.4) is 0 Å². The van der Waals surface area contributed by atoms with E-state index in [4.69, 9.17) is 5.73 Å². The molecule has 0 spiro atoms. The standard InChI is InChI=1S/C13H27N3O2/c1-5-6-11(16-13(14)18)12(17)15-10(4)8-7-9(2)3/h9-11H,5-8H2,1-4H3,(H,15,17)(H3,14,16,18)/t10-,11-/m0/s1. The maximum absolute atomic E-state index is 11.9. The third kappa shape index (κ3) is 7.92. The highest BCUT2D eigenvalue weighted by Gasteiger charge is 2.20. The third-order valence-corrected chi connectivity index (χ3v) is 2.78. The Morgan fingerprint density at radius 3 is 2.11 bits per heavy atom. The van der Waals surface area contributed by atoms with Crippen molar-refractivity contribution >= 4 is 11.9 Å². The fraction of sp³-hybridized carbons (Fsp3) is 0.846. The number of rotatable bonds is 8. The molecule has 5 heteroatoms. The Hall–Kier alpha value is -1.26. The minimum Gasteiger partial charge on any atom is -0.352 e. The molecule has 0 bridgehead atoms. The summed E-state index contributed by atoms with van der Waals surface area (Å²) in [5.41, 5.74) is 5.06. The number of urea groups is 1. The van der Waals surface area contributed by atoms with Crippen LogP contribution in [0.1, 0.15) is 53.4 Å². The van der Waals surface area contributed by atoms with E-state index in [9.17, 15) is 9.59 Å². The zero-order chi connectivity index (χ0) is 14.1. The van der Waals surface area contributed by atoms with Crippen LogP contribution in [0.2, 0.25) is 0 Å². The summed E-state index contributed by atoms with van der Waals surface area (Å²) in [6, 6.07) is -1.05. The van der Waals surface area contributed by atoms with Gasteiger partial charge in [0.2, 0.25) is 5.91 Å². The molecule has 5 nitrogen and oxygen atoms in total. The first-order valence-corrected chi connectivity index (χ1v) is 6.73. The summed E-state index contributed by atoms with van der Waals surface area (Å²) in [6.45, 7) is 8.25. The zero-order valence-corrected chi connectivity index (χ0v) is 12.0. The lowest BCUT2D eigenvalue weighted by atomic mass is 10.0. The van der Waals surface area contributed by atoms with E-state index in [0.717, 1.165) is 19.3 Å². The van der Waals surface area contributed by atoms with Crippen LogP contribution >= 0.6 is 0 Å². The van der Waals surface area contributed by atoms with Crippen LogP contribution in [-0.2, 0) is 4.79 Å². The fourth-order valence-electron chi connectivity index (χ4n) is 1.73. The van der Waals surface area contributed by atoms with Crippen molar-refractivity contribution in [3.63, 3.8) is 0 Å². The van der Waals surface area contributed by atoms with Crippen molar-refractivity contribution in [3.05, 3.63) is 0 Å². The first-order valence-electron chi connectivity index (χ1n) is 6.73. The molecule has 0 aromatic carbocycles. The molecule has 3 amide bonds. The quantitative estimate of drug-likeness (QED) is 0.619. The average molecular weight is 257 g/mol. The zero-order valence-electron chi connectivity index (χ0n) is 12.0. The van der Waals surface area contributed by atoms with Crippen LogP contribution in [0.25, 0.3) is 0 Å². The minimum atomic E-state index is -0.654. The van der Waals surface area contributed by atoms with Gasteiger partial charge in [-0.1, -0.05) is 27.2 Å². The van der Waals surface area contributed by atoms with Gasteiger partial charge >= 0.3 is 6.03 Å². The molecule has 4 N–H and O–H groups in total. The number of carbonyl (C=O) groups excluding carboxylic acids is 2. The van der Waals surface area contributed by atoms with Crippen molar-refractivity contribution < 1.29 is 9.59 Å². The van der Waals surface area contributed by atoms with E-state index in [0.29, 0.717) is 12.3 Å². The molecule has 0 aromatic heterocycles. The summed E-state index contributed by atoms with van der Waals surface area (Å²) in [7, 11) is 0. The topological polar surface area (TPSA) is 84.2 Å². The number of primary amides is 1. The van der Waals surface area contributed by atoms with Crippen molar-refractivity contribution in [1.29, 1.82) is 0 Å². The van der Waals surface area contributed by atoms with Gasteiger partial charge in [-0.15, -0.1) is 0 Å². The van der Waals surface area contributed by atoms with Crippen molar-refractivity contribution in [2.24, 2.45) is 11.7 Å². The molecular weight excluding hydrogens is 230 g/mol. The molecule has 0 saturated carbocycles. The Morgan fingerprint density at radius 1 is 1.06 bits per heavy atom. The van der Waals surface area contributed by atoms with Gasteiger partial charge in [-0.25, -0.2) is 4.79 Å². The van der Waals surface area contributed by atoms with Crippen LogP contribution in [0.4, 0.5) is 4.79 Å². The Balaban J connectivity index is 4.19. The van der Waals surface area contributed by atoms with Gasteiger partial charge in [-0.05, 0) is 32.1 Å². The van der Waals surface area contributed by atoms with Crippen molar-refractivity contribution in [1.82, 2.24) is 10.6 Å². The second kappa shape index (κ2) is 8.78. The molecule has 0 radical (unpaired) electrons. The van der Waals surface area contributed by atoms with E-state index in [1.54, 1.807) is 0 Å². The molecule has 0 aliphatic carbocycles. The third-order valence-electron chi connectivity index (χ3n) is 2.78. The Morgan fingerprint density at radius 2 is 1.67 bits per heavy atom. The minimum absolute atomic E-state index is 0.119. The van der Waals surface area contributed by atoms with Crippen molar-refractivity contribution in [3.8, 4) is 0 Å². The first kappa shape index (κ1) is 16.7. The van der Waals surface area contributed by atoms with E-state index in [1.165, 1.54) is 0 Å². The van der Waals surface area contributed by atoms with E-state index in [2.05, 4.69) is 24.5 Å².